The number of ether oxygens (including phenoxy) is 1. The molecule has 0 aromatic heterocycles. The van der Waals surface area contributed by atoms with Gasteiger partial charge in [-0.25, -0.2) is 0 Å². The van der Waals surface area contributed by atoms with Crippen molar-refractivity contribution >= 4 is 21.6 Å². The Labute approximate surface area is 107 Å². The van der Waals surface area contributed by atoms with Gasteiger partial charge in [0.05, 0.1) is 7.11 Å². The molecular formula is C13H20BrNO. The smallest absolute Gasteiger partial charge is 0.122 e. The molecule has 0 aliphatic rings. The van der Waals surface area contributed by atoms with Crippen molar-refractivity contribution in [2.45, 2.75) is 27.2 Å². The molecule has 1 rings (SSSR count). The van der Waals surface area contributed by atoms with E-state index in [0.717, 1.165) is 28.9 Å². The molecule has 0 saturated carbocycles. The monoisotopic (exact) mass is 285 g/mol. The highest BCUT2D eigenvalue weighted by Gasteiger charge is 2.09. The van der Waals surface area contributed by atoms with Crippen molar-refractivity contribution in [1.82, 2.24) is 0 Å². The second-order valence-corrected chi connectivity index (χ2v) is 6.03. The number of halogens is 1. The largest absolute Gasteiger partial charge is 0.497 e. The first-order valence-electron chi connectivity index (χ1n) is 5.49. The Balaban J connectivity index is 2.57. The van der Waals surface area contributed by atoms with Gasteiger partial charge in [-0.05, 0) is 24.0 Å². The van der Waals surface area contributed by atoms with Crippen molar-refractivity contribution in [3.05, 3.63) is 22.7 Å². The van der Waals surface area contributed by atoms with Gasteiger partial charge >= 0.3 is 0 Å². The van der Waals surface area contributed by atoms with E-state index >= 15 is 0 Å². The maximum Gasteiger partial charge on any atom is 0.122 e. The second kappa shape index (κ2) is 5.58. The number of hydrogen-bond acceptors (Lipinski definition) is 2. The van der Waals surface area contributed by atoms with Gasteiger partial charge < -0.3 is 10.1 Å². The van der Waals surface area contributed by atoms with E-state index in [-0.39, 0.29) is 0 Å². The molecule has 0 unspecified atom stereocenters. The summed E-state index contributed by atoms with van der Waals surface area (Å²) in [5.74, 6) is 0.868. The lowest BCUT2D eigenvalue weighted by atomic mass is 9.92. The summed E-state index contributed by atoms with van der Waals surface area (Å²) in [6.45, 7) is 7.71. The summed E-state index contributed by atoms with van der Waals surface area (Å²) in [6, 6.07) is 6.02. The fourth-order valence-corrected chi connectivity index (χ4v) is 1.84. The van der Waals surface area contributed by atoms with Crippen LogP contribution in [0.1, 0.15) is 27.2 Å². The van der Waals surface area contributed by atoms with E-state index in [2.05, 4.69) is 48.1 Å². The Morgan fingerprint density at radius 1 is 1.25 bits per heavy atom. The van der Waals surface area contributed by atoms with E-state index in [4.69, 9.17) is 4.74 Å². The average molecular weight is 286 g/mol. The van der Waals surface area contributed by atoms with Crippen LogP contribution >= 0.6 is 15.9 Å². The topological polar surface area (TPSA) is 21.3 Å². The Hall–Kier alpha value is -0.700. The fourth-order valence-electron chi connectivity index (χ4n) is 1.36. The van der Waals surface area contributed by atoms with E-state index in [9.17, 15) is 0 Å². The molecule has 0 radical (unpaired) electrons. The van der Waals surface area contributed by atoms with Gasteiger partial charge in [0.25, 0.3) is 0 Å². The van der Waals surface area contributed by atoms with E-state index in [0.29, 0.717) is 5.41 Å². The van der Waals surface area contributed by atoms with E-state index in [1.54, 1.807) is 7.11 Å². The molecule has 0 fully saturated rings. The lowest BCUT2D eigenvalue weighted by Gasteiger charge is -2.18. The molecule has 3 heteroatoms. The highest BCUT2D eigenvalue weighted by atomic mass is 79.9. The Morgan fingerprint density at radius 3 is 2.50 bits per heavy atom. The molecule has 0 aliphatic heterocycles. The van der Waals surface area contributed by atoms with Gasteiger partial charge in [0.15, 0.2) is 0 Å². The fraction of sp³-hybridized carbons (Fsp3) is 0.538. The van der Waals surface area contributed by atoms with Crippen LogP contribution in [0.4, 0.5) is 5.69 Å². The molecule has 1 aromatic rings. The van der Waals surface area contributed by atoms with Gasteiger partial charge in [0, 0.05) is 22.8 Å². The van der Waals surface area contributed by atoms with Gasteiger partial charge in [-0.3, -0.25) is 0 Å². The minimum atomic E-state index is 0.364. The molecule has 0 spiro atoms. The summed E-state index contributed by atoms with van der Waals surface area (Å²) in [5, 5.41) is 3.41. The summed E-state index contributed by atoms with van der Waals surface area (Å²) in [5.41, 5.74) is 1.46. The van der Waals surface area contributed by atoms with Crippen molar-refractivity contribution in [2.24, 2.45) is 5.41 Å². The normalized spacial score (nSPS) is 11.3. The first-order chi connectivity index (χ1) is 7.40. The zero-order valence-electron chi connectivity index (χ0n) is 10.4. The third-order valence-corrected chi connectivity index (χ3v) is 2.77. The minimum Gasteiger partial charge on any atom is -0.497 e. The maximum absolute atomic E-state index is 5.21. The summed E-state index contributed by atoms with van der Waals surface area (Å²) in [7, 11) is 1.68. The van der Waals surface area contributed by atoms with Crippen LogP contribution in [0.2, 0.25) is 0 Å². The number of methoxy groups -OCH3 is 1. The minimum absolute atomic E-state index is 0.364. The third-order valence-electron chi connectivity index (χ3n) is 2.31. The van der Waals surface area contributed by atoms with Crippen molar-refractivity contribution in [3.8, 4) is 5.75 Å². The molecule has 16 heavy (non-hydrogen) atoms. The van der Waals surface area contributed by atoms with Crippen LogP contribution in [0, 0.1) is 5.41 Å². The first-order valence-corrected chi connectivity index (χ1v) is 6.28. The standard InChI is InChI=1S/C13H20BrNO/c1-13(2,3)5-6-15-11-7-10(14)8-12(9-11)16-4/h7-9,15H,5-6H2,1-4H3. The van der Waals surface area contributed by atoms with Gasteiger partial charge in [-0.15, -0.1) is 0 Å². The second-order valence-electron chi connectivity index (χ2n) is 5.12. The zero-order valence-corrected chi connectivity index (χ0v) is 12.0. The maximum atomic E-state index is 5.21. The SMILES string of the molecule is COc1cc(Br)cc(NCCC(C)(C)C)c1. The average Bonchev–Trinajstić information content (AvgIpc) is 2.14. The molecule has 1 aromatic carbocycles. The first kappa shape index (κ1) is 13.4. The predicted molar refractivity (Wildman–Crippen MR) is 73.3 cm³/mol. The molecule has 0 bridgehead atoms. The van der Waals surface area contributed by atoms with Crippen molar-refractivity contribution < 1.29 is 4.74 Å². The van der Waals surface area contributed by atoms with Crippen LogP contribution in [0.25, 0.3) is 0 Å². The van der Waals surface area contributed by atoms with Crippen LogP contribution in [0.5, 0.6) is 5.75 Å². The molecule has 0 aliphatic carbocycles. The molecule has 0 saturated heterocycles. The Morgan fingerprint density at radius 2 is 1.94 bits per heavy atom. The van der Waals surface area contributed by atoms with E-state index in [1.807, 2.05) is 12.1 Å². The van der Waals surface area contributed by atoms with Crippen LogP contribution in [-0.2, 0) is 0 Å². The Kier molecular flexibility index (Phi) is 4.66. The quantitative estimate of drug-likeness (QED) is 0.890. The number of rotatable bonds is 4. The van der Waals surface area contributed by atoms with Crippen LogP contribution < -0.4 is 10.1 Å². The zero-order chi connectivity index (χ0) is 12.2. The summed E-state index contributed by atoms with van der Waals surface area (Å²) in [6.07, 6.45) is 1.14. The molecule has 2 nitrogen and oxygen atoms in total. The van der Waals surface area contributed by atoms with E-state index < -0.39 is 0 Å². The summed E-state index contributed by atoms with van der Waals surface area (Å²) < 4.78 is 6.25. The molecule has 0 atom stereocenters. The van der Waals surface area contributed by atoms with Gasteiger partial charge in [-0.2, -0.15) is 0 Å². The summed E-state index contributed by atoms with van der Waals surface area (Å²) in [4.78, 5) is 0. The molecular weight excluding hydrogens is 266 g/mol. The number of anilines is 1. The summed E-state index contributed by atoms with van der Waals surface area (Å²) >= 11 is 3.47. The van der Waals surface area contributed by atoms with Crippen molar-refractivity contribution in [1.29, 1.82) is 0 Å². The molecule has 90 valence electrons. The lowest BCUT2D eigenvalue weighted by molar-refractivity contribution is 0.389. The number of nitrogens with one attached hydrogen (secondary N) is 1. The van der Waals surface area contributed by atoms with Gasteiger partial charge in [-0.1, -0.05) is 36.7 Å². The van der Waals surface area contributed by atoms with Crippen LogP contribution in [0.3, 0.4) is 0 Å². The van der Waals surface area contributed by atoms with Crippen LogP contribution in [-0.4, -0.2) is 13.7 Å². The van der Waals surface area contributed by atoms with E-state index in [1.165, 1.54) is 0 Å². The molecule has 0 amide bonds. The number of hydrogen-bond donors (Lipinski definition) is 1. The highest BCUT2D eigenvalue weighted by Crippen LogP contribution is 2.25. The number of benzene rings is 1. The van der Waals surface area contributed by atoms with Crippen molar-refractivity contribution in [3.63, 3.8) is 0 Å². The lowest BCUT2D eigenvalue weighted by Crippen LogP contribution is -2.12. The molecule has 0 heterocycles. The Bertz CT molecular complexity index is 344. The van der Waals surface area contributed by atoms with Crippen molar-refractivity contribution in [2.75, 3.05) is 19.0 Å². The highest BCUT2D eigenvalue weighted by molar-refractivity contribution is 9.10. The molecule has 1 N–H and O–H groups in total. The predicted octanol–water partition coefficient (Wildman–Crippen LogP) is 4.31. The van der Waals surface area contributed by atoms with Gasteiger partial charge in [0.2, 0.25) is 0 Å². The van der Waals surface area contributed by atoms with Crippen LogP contribution in [0.15, 0.2) is 22.7 Å². The third kappa shape index (κ3) is 4.88. The van der Waals surface area contributed by atoms with Gasteiger partial charge in [0.1, 0.15) is 5.75 Å².